The first-order chi connectivity index (χ1) is 33.0. The summed E-state index contributed by atoms with van der Waals surface area (Å²) in [6.45, 7) is 4.01. The number of ether oxygens (including phenoxy) is 2. The van der Waals surface area contributed by atoms with E-state index in [-0.39, 0.29) is 26.1 Å². The largest absolute Gasteiger partial charge is 0.472 e. The quantitative estimate of drug-likeness (QED) is 0.0212. The van der Waals surface area contributed by atoms with E-state index in [0.717, 1.165) is 103 Å². The summed E-state index contributed by atoms with van der Waals surface area (Å²) in [5.74, 6) is -0.994. The number of nitrogens with zero attached hydrogens (tertiary/aromatic N) is 1. The predicted molar refractivity (Wildman–Crippen MR) is 288 cm³/mol. The molecule has 68 heavy (non-hydrogen) atoms. The number of quaternary nitrogens is 1. The van der Waals surface area contributed by atoms with Crippen molar-refractivity contribution in [3.8, 4) is 0 Å². The highest BCUT2D eigenvalue weighted by atomic mass is 31.2. The average Bonchev–Trinajstić information content (AvgIpc) is 3.30. The monoisotopic (exact) mass is 961 g/mol. The molecule has 0 aliphatic rings. The first-order valence-electron chi connectivity index (χ1n) is 25.2. The first-order valence-corrected chi connectivity index (χ1v) is 26.7. The maximum absolute atomic E-state index is 12.7. The number of unbranched alkanes of at least 4 members (excludes halogenated alkanes) is 4. The van der Waals surface area contributed by atoms with Crippen LogP contribution in [0.25, 0.3) is 0 Å². The number of esters is 2. The van der Waals surface area contributed by atoms with Gasteiger partial charge in [0.15, 0.2) is 6.10 Å². The van der Waals surface area contributed by atoms with Gasteiger partial charge in [-0.3, -0.25) is 18.6 Å². The molecule has 0 aliphatic carbocycles. The molecule has 0 aromatic heterocycles. The molecule has 380 valence electrons. The minimum atomic E-state index is -4.42. The minimum Gasteiger partial charge on any atom is -0.461 e. The van der Waals surface area contributed by atoms with Crippen LogP contribution in [-0.4, -0.2) is 74.9 Å². The van der Waals surface area contributed by atoms with Crippen molar-refractivity contribution in [2.45, 2.75) is 148 Å². The number of phosphoric ester groups is 1. The molecule has 0 saturated heterocycles. The van der Waals surface area contributed by atoms with E-state index in [2.05, 4.69) is 154 Å². The van der Waals surface area contributed by atoms with Crippen molar-refractivity contribution in [1.29, 1.82) is 0 Å². The van der Waals surface area contributed by atoms with E-state index in [4.69, 9.17) is 18.5 Å². The number of hydrogen-bond acceptors (Lipinski definition) is 7. The van der Waals surface area contributed by atoms with E-state index >= 15 is 0 Å². The molecular formula is C58H91NO8P+. The lowest BCUT2D eigenvalue weighted by Crippen LogP contribution is -2.37. The summed E-state index contributed by atoms with van der Waals surface area (Å²) in [4.78, 5) is 35.4. The summed E-state index contributed by atoms with van der Waals surface area (Å²) in [5.41, 5.74) is 0. The Labute approximate surface area is 414 Å². The topological polar surface area (TPSA) is 108 Å². The SMILES string of the molecule is CC/C=C\C/C=C\C/C=C\C/C=C\C/C=C\C/C=C\C/C=C\C/C=C\CCCCCCC(=O)OC(COC(=O)C/C=C\C/C=C\C/C=C\C/C=C\C/C=C\CC)COP(=O)(O)OCC[N+](C)(C)C. The Hall–Kier alpha value is -4.37. The zero-order valence-electron chi connectivity index (χ0n) is 42.8. The Bertz CT molecular complexity index is 1700. The Kier molecular flexibility index (Phi) is 44.6. The van der Waals surface area contributed by atoms with Crippen molar-refractivity contribution in [2.24, 2.45) is 0 Å². The van der Waals surface area contributed by atoms with Gasteiger partial charge in [-0.15, -0.1) is 0 Å². The van der Waals surface area contributed by atoms with Gasteiger partial charge in [0, 0.05) is 6.42 Å². The average molecular weight is 961 g/mol. The van der Waals surface area contributed by atoms with Gasteiger partial charge in [0.1, 0.15) is 19.8 Å². The van der Waals surface area contributed by atoms with E-state index in [9.17, 15) is 19.0 Å². The molecule has 0 spiro atoms. The van der Waals surface area contributed by atoms with Crippen LogP contribution < -0.4 is 0 Å². The third-order valence-corrected chi connectivity index (χ3v) is 10.6. The third-order valence-electron chi connectivity index (χ3n) is 9.59. The molecule has 0 aromatic carbocycles. The van der Waals surface area contributed by atoms with E-state index < -0.39 is 32.5 Å². The van der Waals surface area contributed by atoms with Gasteiger partial charge < -0.3 is 18.9 Å². The number of rotatable bonds is 43. The summed E-state index contributed by atoms with van der Waals surface area (Å²) in [6, 6.07) is 0. The van der Waals surface area contributed by atoms with Crippen LogP contribution in [0.3, 0.4) is 0 Å². The van der Waals surface area contributed by atoms with Crippen LogP contribution in [0.4, 0.5) is 0 Å². The van der Waals surface area contributed by atoms with Crippen molar-refractivity contribution in [2.75, 3.05) is 47.5 Å². The lowest BCUT2D eigenvalue weighted by molar-refractivity contribution is -0.870. The van der Waals surface area contributed by atoms with Crippen molar-refractivity contribution < 1.29 is 42.1 Å². The second-order valence-electron chi connectivity index (χ2n) is 17.1. The van der Waals surface area contributed by atoms with Crippen LogP contribution >= 0.6 is 7.82 Å². The molecular weight excluding hydrogens is 870 g/mol. The normalized spacial score (nSPS) is 14.7. The smallest absolute Gasteiger partial charge is 0.461 e. The standard InChI is InChI=1S/C58H90NO8P/c1-6-8-10-12-14-16-18-20-22-23-24-25-26-27-28-29-30-31-32-33-34-35-37-39-41-43-45-47-49-51-58(61)67-56(55-66-68(62,63)65-53-52-59(3,4)5)54-64-57(60)50-48-46-44-42-40-38-36-21-19-17-15-13-11-9-7-2/h8-11,14-17,20-22,24-25,27-28,30-31,33-34,36-37,39-40,42,46,48,56H,6-7,12-13,18-19,23,26,29,32,35,38,41,43-45,47,49-55H2,1-5H3/p+1/b10-8-,11-9-,16-14-,17-15-,22-20-,25-24-,28-27-,31-30-,34-33-,36-21-,39-37-,42-40-,48-46-. The van der Waals surface area contributed by atoms with Gasteiger partial charge in [-0.2, -0.15) is 0 Å². The Morgan fingerprint density at radius 2 is 0.838 bits per heavy atom. The lowest BCUT2D eigenvalue weighted by atomic mass is 10.1. The fourth-order valence-corrected chi connectivity index (χ4v) is 6.49. The van der Waals surface area contributed by atoms with Gasteiger partial charge in [0.2, 0.25) is 0 Å². The van der Waals surface area contributed by atoms with Crippen LogP contribution in [-0.2, 0) is 32.7 Å². The summed E-state index contributed by atoms with van der Waals surface area (Å²) in [7, 11) is 1.38. The number of hydrogen-bond donors (Lipinski definition) is 1. The molecule has 1 N–H and O–H groups in total. The third kappa shape index (κ3) is 51.0. The minimum absolute atomic E-state index is 0.00251. The number of phosphoric acid groups is 1. The second kappa shape index (κ2) is 47.7. The van der Waals surface area contributed by atoms with Crippen molar-refractivity contribution in [3.63, 3.8) is 0 Å². The van der Waals surface area contributed by atoms with E-state index in [1.165, 1.54) is 0 Å². The number of allylic oxidation sites excluding steroid dienone is 25. The zero-order valence-corrected chi connectivity index (χ0v) is 43.7. The van der Waals surface area contributed by atoms with Gasteiger partial charge >= 0.3 is 19.8 Å². The van der Waals surface area contributed by atoms with Crippen LogP contribution in [0.15, 0.2) is 158 Å². The van der Waals surface area contributed by atoms with E-state index in [0.29, 0.717) is 23.9 Å². The molecule has 2 atom stereocenters. The maximum Gasteiger partial charge on any atom is 0.472 e. The van der Waals surface area contributed by atoms with Crippen LogP contribution in [0.1, 0.15) is 142 Å². The highest BCUT2D eigenvalue weighted by Crippen LogP contribution is 2.43. The highest BCUT2D eigenvalue weighted by Gasteiger charge is 2.27. The summed E-state index contributed by atoms with van der Waals surface area (Å²) >= 11 is 0. The second-order valence-corrected chi connectivity index (χ2v) is 18.6. The molecule has 0 rings (SSSR count). The van der Waals surface area contributed by atoms with Gasteiger partial charge in [0.05, 0.1) is 34.2 Å². The molecule has 2 unspecified atom stereocenters. The Morgan fingerprint density at radius 1 is 0.471 bits per heavy atom. The molecule has 0 amide bonds. The van der Waals surface area contributed by atoms with Crippen molar-refractivity contribution >= 4 is 19.8 Å². The molecule has 9 nitrogen and oxygen atoms in total. The fraction of sp³-hybridized carbons (Fsp3) is 0.517. The molecule has 10 heteroatoms. The molecule has 0 saturated carbocycles. The van der Waals surface area contributed by atoms with Crippen LogP contribution in [0.2, 0.25) is 0 Å². The fourth-order valence-electron chi connectivity index (χ4n) is 5.75. The molecule has 0 fully saturated rings. The Balaban J connectivity index is 4.43. The van der Waals surface area contributed by atoms with Gasteiger partial charge in [0.25, 0.3) is 0 Å². The van der Waals surface area contributed by atoms with Crippen molar-refractivity contribution in [1.82, 2.24) is 0 Å². The summed E-state index contributed by atoms with van der Waals surface area (Å²) in [6.07, 6.45) is 71.9. The van der Waals surface area contributed by atoms with Gasteiger partial charge in [-0.25, -0.2) is 4.57 Å². The van der Waals surface area contributed by atoms with E-state index in [1.807, 2.05) is 33.3 Å². The number of carbonyl (C=O) groups excluding carboxylic acids is 2. The maximum atomic E-state index is 12.7. The molecule has 0 radical (unpaired) electrons. The van der Waals surface area contributed by atoms with Gasteiger partial charge in [-0.05, 0) is 103 Å². The Morgan fingerprint density at radius 3 is 1.24 bits per heavy atom. The molecule has 0 heterocycles. The number of likely N-dealkylation sites (N-methyl/N-ethyl adjacent to an activating group) is 1. The predicted octanol–water partition coefficient (Wildman–Crippen LogP) is 15.4. The zero-order chi connectivity index (χ0) is 49.9. The summed E-state index contributed by atoms with van der Waals surface area (Å²) < 4.78 is 34.2. The number of carbonyl (C=O) groups is 2. The summed E-state index contributed by atoms with van der Waals surface area (Å²) in [5, 5.41) is 0. The highest BCUT2D eigenvalue weighted by molar-refractivity contribution is 7.47. The van der Waals surface area contributed by atoms with Crippen LogP contribution in [0.5, 0.6) is 0 Å². The van der Waals surface area contributed by atoms with E-state index in [1.54, 1.807) is 6.08 Å². The van der Waals surface area contributed by atoms with Crippen LogP contribution in [0, 0.1) is 0 Å². The van der Waals surface area contributed by atoms with Crippen molar-refractivity contribution in [3.05, 3.63) is 158 Å². The molecule has 0 aliphatic heterocycles. The lowest BCUT2D eigenvalue weighted by Gasteiger charge is -2.24. The molecule has 0 bridgehead atoms. The molecule has 0 aromatic rings. The van der Waals surface area contributed by atoms with Gasteiger partial charge in [-0.1, -0.05) is 185 Å². The first kappa shape index (κ1) is 63.6.